The van der Waals surface area contributed by atoms with Crippen LogP contribution < -0.4 is 4.72 Å². The lowest BCUT2D eigenvalue weighted by atomic mass is 9.80. The Hall–Kier alpha value is -0.390. The van der Waals surface area contributed by atoms with E-state index in [4.69, 9.17) is 0 Å². The van der Waals surface area contributed by atoms with E-state index in [9.17, 15) is 8.42 Å². The van der Waals surface area contributed by atoms with Crippen LogP contribution in [0.25, 0.3) is 0 Å². The predicted octanol–water partition coefficient (Wildman–Crippen LogP) is 3.47. The number of rotatable bonds is 5. The van der Waals surface area contributed by atoms with Gasteiger partial charge < -0.3 is 0 Å². The molecule has 2 atom stereocenters. The van der Waals surface area contributed by atoms with Gasteiger partial charge in [-0.25, -0.2) is 13.1 Å². The van der Waals surface area contributed by atoms with E-state index in [-0.39, 0.29) is 0 Å². The zero-order valence-corrected chi connectivity index (χ0v) is 14.2. The van der Waals surface area contributed by atoms with E-state index in [0.717, 1.165) is 17.3 Å². The zero-order valence-electron chi connectivity index (χ0n) is 11.8. The molecule has 1 saturated carbocycles. The smallest absolute Gasteiger partial charge is 0.211 e. The molecule has 0 radical (unpaired) electrons. The summed E-state index contributed by atoms with van der Waals surface area (Å²) in [4.78, 5) is 0.395. The van der Waals surface area contributed by atoms with Crippen molar-refractivity contribution >= 4 is 26.0 Å². The molecule has 1 N–H and O–H groups in total. The summed E-state index contributed by atoms with van der Waals surface area (Å²) in [6.45, 7) is 2.38. The van der Waals surface area contributed by atoms with Crippen molar-refractivity contribution in [3.05, 3.63) is 29.8 Å². The molecule has 3 nitrogen and oxygen atoms in total. The monoisotopic (exact) mass is 359 g/mol. The topological polar surface area (TPSA) is 46.2 Å². The number of benzene rings is 1. The Balaban J connectivity index is 2.04. The quantitative estimate of drug-likeness (QED) is 0.818. The molecule has 20 heavy (non-hydrogen) atoms. The van der Waals surface area contributed by atoms with Crippen LogP contribution in [0.5, 0.6) is 0 Å². The van der Waals surface area contributed by atoms with Crippen molar-refractivity contribution in [1.82, 2.24) is 4.72 Å². The molecule has 0 amide bonds. The van der Waals surface area contributed by atoms with Gasteiger partial charge in [-0.2, -0.15) is 0 Å². The number of aryl methyl sites for hydroxylation is 1. The van der Waals surface area contributed by atoms with Crippen molar-refractivity contribution in [3.63, 3.8) is 0 Å². The molecule has 112 valence electrons. The second-order valence-electron chi connectivity index (χ2n) is 5.58. The van der Waals surface area contributed by atoms with Gasteiger partial charge in [-0.05, 0) is 43.2 Å². The fourth-order valence-corrected chi connectivity index (χ4v) is 5.10. The fraction of sp³-hybridized carbons (Fsp3) is 0.600. The third kappa shape index (κ3) is 3.83. The highest BCUT2D eigenvalue weighted by Gasteiger charge is 2.26. The van der Waals surface area contributed by atoms with Crippen LogP contribution in [0, 0.1) is 18.8 Å². The van der Waals surface area contributed by atoms with Gasteiger partial charge >= 0.3 is 0 Å². The minimum absolute atomic E-state index is 0.395. The fourth-order valence-electron chi connectivity index (χ4n) is 2.91. The van der Waals surface area contributed by atoms with Crippen LogP contribution in [0.15, 0.2) is 29.2 Å². The van der Waals surface area contributed by atoms with Crippen LogP contribution in [0.3, 0.4) is 0 Å². The van der Waals surface area contributed by atoms with Gasteiger partial charge in [0.15, 0.2) is 0 Å². The molecule has 0 saturated heterocycles. The second kappa shape index (κ2) is 7.05. The minimum Gasteiger partial charge on any atom is -0.211 e. The zero-order chi connectivity index (χ0) is 14.6. The Bertz CT molecular complexity index is 545. The summed E-state index contributed by atoms with van der Waals surface area (Å²) in [6.07, 6.45) is 4.78. The highest BCUT2D eigenvalue weighted by molar-refractivity contribution is 9.09. The van der Waals surface area contributed by atoms with Crippen molar-refractivity contribution in [2.45, 2.75) is 37.5 Å². The standard InChI is InChI=1S/C15H22BrNO2S/c1-12-6-2-5-9-15(12)20(18,19)17-11-14-8-4-3-7-13(14)10-16/h2,5-6,9,13-14,17H,3-4,7-8,10-11H2,1H3. The molecule has 0 heterocycles. The maximum atomic E-state index is 12.4. The first-order chi connectivity index (χ1) is 9.54. The van der Waals surface area contributed by atoms with E-state index < -0.39 is 10.0 Å². The van der Waals surface area contributed by atoms with E-state index in [1.54, 1.807) is 12.1 Å². The summed E-state index contributed by atoms with van der Waals surface area (Å²) in [5.74, 6) is 1.03. The molecule has 5 heteroatoms. The lowest BCUT2D eigenvalue weighted by Gasteiger charge is -2.30. The molecule has 0 aromatic heterocycles. The SMILES string of the molecule is Cc1ccccc1S(=O)(=O)NCC1CCCCC1CBr. The first-order valence-electron chi connectivity index (χ1n) is 7.16. The van der Waals surface area contributed by atoms with Gasteiger partial charge in [-0.1, -0.05) is 47.0 Å². The summed E-state index contributed by atoms with van der Waals surface area (Å²) in [5.41, 5.74) is 0.792. The van der Waals surface area contributed by atoms with Gasteiger partial charge in [0.05, 0.1) is 4.90 Å². The second-order valence-corrected chi connectivity index (χ2v) is 7.96. The molecular weight excluding hydrogens is 338 g/mol. The average molecular weight is 360 g/mol. The van der Waals surface area contributed by atoms with Crippen LogP contribution >= 0.6 is 15.9 Å². The van der Waals surface area contributed by atoms with Gasteiger partial charge in [0.1, 0.15) is 0 Å². The molecule has 1 aromatic carbocycles. The first-order valence-corrected chi connectivity index (χ1v) is 9.76. The number of halogens is 1. The number of sulfonamides is 1. The molecule has 0 spiro atoms. The van der Waals surface area contributed by atoms with Crippen LogP contribution in [0.4, 0.5) is 0 Å². The molecule has 0 aliphatic heterocycles. The maximum absolute atomic E-state index is 12.4. The number of hydrogen-bond donors (Lipinski definition) is 1. The van der Waals surface area contributed by atoms with E-state index >= 15 is 0 Å². The highest BCUT2D eigenvalue weighted by Crippen LogP contribution is 2.31. The Morgan fingerprint density at radius 2 is 1.85 bits per heavy atom. The summed E-state index contributed by atoms with van der Waals surface area (Å²) >= 11 is 3.55. The van der Waals surface area contributed by atoms with Gasteiger partial charge in [-0.15, -0.1) is 0 Å². The molecular formula is C15H22BrNO2S. The van der Waals surface area contributed by atoms with E-state index in [0.29, 0.717) is 23.3 Å². The van der Waals surface area contributed by atoms with Gasteiger partial charge in [-0.3, -0.25) is 0 Å². The summed E-state index contributed by atoms with van der Waals surface area (Å²) in [7, 11) is -3.39. The maximum Gasteiger partial charge on any atom is 0.240 e. The van der Waals surface area contributed by atoms with Crippen LogP contribution in [-0.4, -0.2) is 20.3 Å². The molecule has 1 aliphatic carbocycles. The molecule has 1 aromatic rings. The van der Waals surface area contributed by atoms with Crippen LogP contribution in [0.1, 0.15) is 31.2 Å². The van der Waals surface area contributed by atoms with E-state index in [1.165, 1.54) is 19.3 Å². The molecule has 1 fully saturated rings. The third-order valence-electron chi connectivity index (χ3n) is 4.18. The molecule has 2 rings (SSSR count). The third-order valence-corrected chi connectivity index (χ3v) is 6.60. The van der Waals surface area contributed by atoms with Crippen LogP contribution in [0.2, 0.25) is 0 Å². The Kier molecular flexibility index (Phi) is 5.64. The van der Waals surface area contributed by atoms with Gasteiger partial charge in [0.2, 0.25) is 10.0 Å². The van der Waals surface area contributed by atoms with Crippen molar-refractivity contribution in [3.8, 4) is 0 Å². The average Bonchev–Trinajstić information content (AvgIpc) is 2.46. The largest absolute Gasteiger partial charge is 0.240 e. The molecule has 2 unspecified atom stereocenters. The van der Waals surface area contributed by atoms with Gasteiger partial charge in [0.25, 0.3) is 0 Å². The number of nitrogens with one attached hydrogen (secondary N) is 1. The first kappa shape index (κ1) is 16.0. The van der Waals surface area contributed by atoms with Crippen molar-refractivity contribution < 1.29 is 8.42 Å². The van der Waals surface area contributed by atoms with Crippen molar-refractivity contribution in [1.29, 1.82) is 0 Å². The summed E-state index contributed by atoms with van der Waals surface area (Å²) in [6, 6.07) is 7.12. The van der Waals surface area contributed by atoms with Crippen molar-refractivity contribution in [2.24, 2.45) is 11.8 Å². The summed E-state index contributed by atoms with van der Waals surface area (Å²) in [5, 5.41) is 0.962. The van der Waals surface area contributed by atoms with Crippen LogP contribution in [-0.2, 0) is 10.0 Å². The summed E-state index contributed by atoms with van der Waals surface area (Å²) < 4.78 is 27.5. The Morgan fingerprint density at radius 3 is 2.50 bits per heavy atom. The normalized spacial score (nSPS) is 23.7. The highest BCUT2D eigenvalue weighted by atomic mass is 79.9. The van der Waals surface area contributed by atoms with Gasteiger partial charge in [0, 0.05) is 11.9 Å². The van der Waals surface area contributed by atoms with Crippen molar-refractivity contribution in [2.75, 3.05) is 11.9 Å². The molecule has 0 bridgehead atoms. The lowest BCUT2D eigenvalue weighted by molar-refractivity contribution is 0.263. The molecule has 1 aliphatic rings. The lowest BCUT2D eigenvalue weighted by Crippen LogP contribution is -2.35. The Labute approximate surface area is 130 Å². The predicted molar refractivity (Wildman–Crippen MR) is 85.6 cm³/mol. The number of alkyl halides is 1. The van der Waals surface area contributed by atoms with E-state index in [2.05, 4.69) is 20.7 Å². The Morgan fingerprint density at radius 1 is 1.20 bits per heavy atom. The minimum atomic E-state index is -3.39. The number of hydrogen-bond acceptors (Lipinski definition) is 2. The van der Waals surface area contributed by atoms with E-state index in [1.807, 2.05) is 19.1 Å².